The van der Waals surface area contributed by atoms with E-state index in [0.29, 0.717) is 56.1 Å². The van der Waals surface area contributed by atoms with Gasteiger partial charge in [0.2, 0.25) is 5.97 Å². The van der Waals surface area contributed by atoms with Crippen molar-refractivity contribution in [2.45, 2.75) is 294 Å². The molecule has 0 unspecified atom stereocenters. The molecule has 0 saturated carbocycles. The van der Waals surface area contributed by atoms with Crippen LogP contribution in [0.2, 0.25) is 0 Å². The number of hydrogen-bond acceptors (Lipinski definition) is 40. The van der Waals surface area contributed by atoms with E-state index in [9.17, 15) is 77.3 Å². The minimum absolute atomic E-state index is 0. The number of aliphatic hydroxyl groups is 4. The first-order chi connectivity index (χ1) is 64.5. The molecule has 7 heterocycles. The number of rotatable bonds is 22. The third-order valence-corrected chi connectivity index (χ3v) is 19.3. The molecule has 3 radical (unpaired) electrons. The maximum absolute atomic E-state index is 11.0. The van der Waals surface area contributed by atoms with Gasteiger partial charge in [0.05, 0.1) is 34.7 Å². The van der Waals surface area contributed by atoms with E-state index < -0.39 is 45.5 Å². The quantitative estimate of drug-likeness (QED) is 0.0141. The molecule has 0 aliphatic carbocycles. The summed E-state index contributed by atoms with van der Waals surface area (Å²) in [6, 6.07) is 0. The molecule has 7 aliphatic heterocycles. The summed E-state index contributed by atoms with van der Waals surface area (Å²) in [7, 11) is 4.32. The fraction of sp³-hybridized carbons (Fsp3) is 0.857. The van der Waals surface area contributed by atoms with Gasteiger partial charge in [-0.1, -0.05) is 50.5 Å². The average molecular weight is 2140 g/mol. The normalized spacial score (nSPS) is 16.0. The van der Waals surface area contributed by atoms with Crippen molar-refractivity contribution in [1.29, 1.82) is 0 Å². The minimum atomic E-state index is -0.778. The van der Waals surface area contributed by atoms with E-state index in [4.69, 9.17) is 21.8 Å². The Bertz CT molecular complexity index is 2830. The van der Waals surface area contributed by atoms with Crippen LogP contribution in [0, 0.1) is 28.6 Å². The first kappa shape index (κ1) is 162. The second kappa shape index (κ2) is 97.9. The molecule has 44 heteroatoms. The predicted molar refractivity (Wildman–Crippen MR) is 565 cm³/mol. The number of piperazine rings is 7. The zero-order chi connectivity index (χ0) is 112. The van der Waals surface area contributed by atoms with Gasteiger partial charge in [0.15, 0.2) is 0 Å². The fourth-order valence-electron chi connectivity index (χ4n) is 8.60. The first-order valence-corrected chi connectivity index (χ1v) is 49.8. The Labute approximate surface area is 893 Å². The van der Waals surface area contributed by atoms with Crippen LogP contribution in [-0.4, -0.2) is 406 Å². The summed E-state index contributed by atoms with van der Waals surface area (Å²) in [6.07, 6.45) is 0.662. The number of carbonyl (C=O) groups is 14. The number of β-amino-alcohol motifs (C(OH)–C–C–N with tert-alkyl or cyclic N) is 2. The van der Waals surface area contributed by atoms with Gasteiger partial charge in [-0.2, -0.15) is 0 Å². The molecule has 7 rings (SSSR count). The average Bonchev–Trinajstić information content (AvgIpc) is 0.909. The Morgan fingerprint density at radius 3 is 0.599 bits per heavy atom. The van der Waals surface area contributed by atoms with Crippen molar-refractivity contribution in [2.24, 2.45) is 28.6 Å². The smallest absolute Gasteiger partial charge is 0.793 e. The molecule has 0 aromatic heterocycles. The van der Waals surface area contributed by atoms with Crippen molar-refractivity contribution in [3.05, 3.63) is 0 Å². The van der Waals surface area contributed by atoms with Crippen LogP contribution in [0.25, 0.3) is 0 Å². The van der Waals surface area contributed by atoms with Gasteiger partial charge in [0, 0.05) is 259 Å². The van der Waals surface area contributed by atoms with Crippen LogP contribution < -0.4 is 82.7 Å². The second-order valence-corrected chi connectivity index (χ2v) is 42.2. The topological polar surface area (TPSA) is 527 Å². The van der Waals surface area contributed by atoms with Crippen LogP contribution in [0.5, 0.6) is 0 Å². The van der Waals surface area contributed by atoms with Crippen molar-refractivity contribution in [3.63, 3.8) is 0 Å². The van der Waals surface area contributed by atoms with Crippen LogP contribution in [0.3, 0.4) is 0 Å². The molecule has 0 bridgehead atoms. The molecule has 0 aromatic rings. The van der Waals surface area contributed by atoms with E-state index in [-0.39, 0.29) is 99.3 Å². The Balaban J connectivity index is -0.000000127. The second-order valence-electron chi connectivity index (χ2n) is 41.3. The van der Waals surface area contributed by atoms with Crippen molar-refractivity contribution in [2.75, 3.05) is 227 Å². The number of halogens is 2. The number of nitrogens with one attached hydrogen (secondary N) is 10. The summed E-state index contributed by atoms with van der Waals surface area (Å²) in [5, 5.41) is 69.5. The largest absolute Gasteiger partial charge is 1.00 e. The van der Waals surface area contributed by atoms with Gasteiger partial charge in [0.25, 0.3) is 32.4 Å². The van der Waals surface area contributed by atoms with E-state index in [2.05, 4.69) is 135 Å². The number of aliphatic hydroxyl groups excluding tert-OH is 1. The molecule has 0 amide bonds. The third kappa shape index (κ3) is 155. The van der Waals surface area contributed by atoms with Gasteiger partial charge < -0.3 is 125 Å². The van der Waals surface area contributed by atoms with Crippen LogP contribution >= 0.6 is 27.5 Å². The monoisotopic (exact) mass is 2140 g/mol. The molecule has 7 aliphatic rings. The summed E-state index contributed by atoms with van der Waals surface area (Å²) in [5.41, 5.74) is -4.69. The number of alkyl halides is 2. The summed E-state index contributed by atoms with van der Waals surface area (Å²) in [5.74, 6) is -0.0875. The minimum Gasteiger partial charge on any atom is -0.793 e. The van der Waals surface area contributed by atoms with Gasteiger partial charge in [0.1, 0.15) is 63.2 Å². The Morgan fingerprint density at radius 2 is 0.521 bits per heavy atom. The summed E-state index contributed by atoms with van der Waals surface area (Å²) < 4.78 is 26.4. The molecule has 0 spiro atoms. The molecule has 14 N–H and O–H groups in total. The van der Waals surface area contributed by atoms with Crippen molar-refractivity contribution in [3.8, 4) is 0 Å². The molecular formula is C98H201BBrClN14NaO26. The maximum Gasteiger partial charge on any atom is 1.00 e. The zero-order valence-corrected chi connectivity index (χ0v) is 99.2. The van der Waals surface area contributed by atoms with Crippen molar-refractivity contribution in [1.82, 2.24) is 72.8 Å². The van der Waals surface area contributed by atoms with Crippen LogP contribution in [-0.2, 0) is 105 Å². The van der Waals surface area contributed by atoms with Gasteiger partial charge >= 0.3 is 41.5 Å². The molecule has 7 saturated heterocycles. The number of nitrogens with zero attached hydrogens (tertiary/aromatic N) is 4. The van der Waals surface area contributed by atoms with Gasteiger partial charge in [-0.25, -0.2) is 19.4 Å². The van der Waals surface area contributed by atoms with Crippen LogP contribution in [0.4, 0.5) is 0 Å². The van der Waals surface area contributed by atoms with Crippen LogP contribution in [0.15, 0.2) is 0 Å². The maximum atomic E-state index is 11.0. The third-order valence-electron chi connectivity index (χ3n) is 17.6. The summed E-state index contributed by atoms with van der Waals surface area (Å²) >= 11 is 8.42. The van der Waals surface area contributed by atoms with Crippen molar-refractivity contribution < 1.29 is 155 Å². The summed E-state index contributed by atoms with van der Waals surface area (Å²) in [4.78, 5) is 157. The number of hydrogen-bond donors (Lipinski definition) is 14. The Kier molecular flexibility index (Phi) is 112. The van der Waals surface area contributed by atoms with E-state index in [1.807, 2.05) is 152 Å². The number of ketones is 5. The zero-order valence-electron chi connectivity index (χ0n) is 94.8. The fourth-order valence-corrected chi connectivity index (χ4v) is 9.06. The molecule has 7 fully saturated rings. The molecule has 142 heavy (non-hydrogen) atoms. The Morgan fingerprint density at radius 1 is 0.338 bits per heavy atom. The first-order valence-electron chi connectivity index (χ1n) is 48.2. The molecule has 3 atom stereocenters. The molecular weight excluding hydrogens is 1940 g/mol. The van der Waals surface area contributed by atoms with Crippen LogP contribution in [0.1, 0.15) is 249 Å². The summed E-state index contributed by atoms with van der Waals surface area (Å²) in [6.45, 7) is 98.3. The molecule has 40 nitrogen and oxygen atoms in total. The Hall–Kier alpha value is -5.11. The standard InChI is InChI=1S/2C9H18N2O.2C8H18N2O.C6H12O2.C6H10O2.C5H9BrO.5C5H10O2.C4H9ClO.3C4H10N2.C4H6O4.C2H3BO2.Na/c2*1-8(9(2)12)7-11-5-3-10-4-6-11;2*1-8(2,11)7-10-5-3-9-4-6-10;2*1-5(8)6(2,3)4-7;1-4(3-6)5(2)7;5*1-5(2,3)7-4-6;1-4(2,6)3-5;3*1-2-6-4-3-5-1;1-3(5)7-8-4(2)6;1-2(4)5-3;/h2*8,10H,3-7H2,1-2H3;2*9,11H,3-7H2,1-2H3;7H,4H2,1-3H3;4H,1-3H3;4H,3H2,1-2H3;5*4H,1-3H3;6H,3H2,1-2H3;3*5-6H,1-4H2;1-2H3;1H3;/q;;;;;;;;;;;;;;;;;-1;+1/t2*8-;;;;;4-;;;;;;;;;;;;/m11....1............/s1. The number of ether oxygens (including phenoxy) is 5. The SMILES string of the molecule is C1CNCCN1.C1CNCCN1.C1CNCCN1.CC(=O)C(C)(C)C=O.CC(=O)C(C)(C)CO.CC(=O)OOC(C)=O.CC(=O)[C@H](C)CBr.CC(=O)[C@H](C)CN1CCNCC1.CC(=O)[C@H](C)CN1CCNCC1.CC(C)(C)OC=O.CC(C)(C)OC=O.CC(C)(C)OC=O.CC(C)(C)OC=O.CC(C)(C)OC=O.CC(C)(O)CCl.CC(C)(O)CN1CCNCC1.CC(C)(O)CN1CCNCC1.[B-]OC(C)=O.[Na+]. The van der Waals surface area contributed by atoms with Gasteiger partial charge in [-0.3, -0.25) is 62.5 Å². The van der Waals surface area contributed by atoms with Gasteiger partial charge in [-0.05, 0) is 194 Å². The number of Topliss-reactive ketones (excluding diaryl/α,β-unsaturated/α-hetero) is 5. The van der Waals surface area contributed by atoms with Crippen molar-refractivity contribution >= 4 is 121 Å². The molecule has 837 valence electrons. The number of aldehydes is 1. The van der Waals surface area contributed by atoms with E-state index in [1.165, 1.54) is 20.8 Å². The predicted octanol–water partition coefficient (Wildman–Crippen LogP) is 2.55. The van der Waals surface area contributed by atoms with Gasteiger partial charge in [-0.15, -0.1) is 11.6 Å². The van der Waals surface area contributed by atoms with E-state index >= 15 is 0 Å². The molecule has 0 aromatic carbocycles. The van der Waals surface area contributed by atoms with E-state index in [1.54, 1.807) is 62.3 Å². The number of carbonyl (C=O) groups excluding carboxylic acids is 14. The van der Waals surface area contributed by atoms with E-state index in [0.717, 1.165) is 229 Å².